The van der Waals surface area contributed by atoms with Gasteiger partial charge >= 0.3 is 0 Å². The second-order valence-electron chi connectivity index (χ2n) is 5.58. The first kappa shape index (κ1) is 13.7. The summed E-state index contributed by atoms with van der Waals surface area (Å²) < 4.78 is 5.20. The quantitative estimate of drug-likeness (QED) is 0.882. The zero-order valence-corrected chi connectivity index (χ0v) is 12.8. The first-order valence-electron chi connectivity index (χ1n) is 7.18. The van der Waals surface area contributed by atoms with Crippen LogP contribution in [0.1, 0.15) is 42.9 Å². The lowest BCUT2D eigenvalue weighted by molar-refractivity contribution is 0.271. The van der Waals surface area contributed by atoms with Crippen LogP contribution in [0.25, 0.3) is 0 Å². The molecule has 106 valence electrons. The van der Waals surface area contributed by atoms with E-state index in [1.165, 1.54) is 24.0 Å². The average Bonchev–Trinajstić information content (AvgIpc) is 2.96. The van der Waals surface area contributed by atoms with Crippen molar-refractivity contribution in [3.05, 3.63) is 52.2 Å². The van der Waals surface area contributed by atoms with E-state index in [9.17, 15) is 0 Å². The molecule has 1 N–H and O–H groups in total. The van der Waals surface area contributed by atoms with Gasteiger partial charge in [-0.05, 0) is 65.8 Å². The molecule has 0 spiro atoms. The van der Waals surface area contributed by atoms with Gasteiger partial charge in [0, 0.05) is 12.1 Å². The molecule has 1 saturated carbocycles. The van der Waals surface area contributed by atoms with Crippen molar-refractivity contribution < 1.29 is 4.74 Å². The predicted molar refractivity (Wildman–Crippen MR) is 84.6 cm³/mol. The predicted octanol–water partition coefficient (Wildman–Crippen LogP) is 4.35. The summed E-state index contributed by atoms with van der Waals surface area (Å²) in [5.74, 6) is 1.64. The van der Waals surface area contributed by atoms with Gasteiger partial charge in [-0.2, -0.15) is 11.3 Å². The highest BCUT2D eigenvalue weighted by Crippen LogP contribution is 2.38. The van der Waals surface area contributed by atoms with Crippen LogP contribution in [0, 0.1) is 0 Å². The Balaban J connectivity index is 1.50. The van der Waals surface area contributed by atoms with Gasteiger partial charge in [0.05, 0.1) is 7.11 Å². The fourth-order valence-corrected chi connectivity index (χ4v) is 3.63. The molecule has 1 aromatic carbocycles. The van der Waals surface area contributed by atoms with Gasteiger partial charge in [-0.15, -0.1) is 0 Å². The van der Waals surface area contributed by atoms with Crippen LogP contribution in [0.3, 0.4) is 0 Å². The molecule has 1 aliphatic carbocycles. The first-order chi connectivity index (χ1) is 9.76. The van der Waals surface area contributed by atoms with Crippen molar-refractivity contribution in [1.29, 1.82) is 0 Å². The number of ether oxygens (including phenoxy) is 1. The average molecular weight is 287 g/mol. The molecular formula is C17H21NOS. The minimum absolute atomic E-state index is 0.461. The Morgan fingerprint density at radius 3 is 2.55 bits per heavy atom. The zero-order valence-electron chi connectivity index (χ0n) is 12.0. The molecule has 3 rings (SSSR count). The SMILES string of the molecule is COc1ccc(C2CC(NC(C)c3ccsc3)C2)cc1. The molecule has 0 bridgehead atoms. The summed E-state index contributed by atoms with van der Waals surface area (Å²) in [6, 6.07) is 11.8. The van der Waals surface area contributed by atoms with Gasteiger partial charge in [-0.1, -0.05) is 12.1 Å². The lowest BCUT2D eigenvalue weighted by atomic mass is 9.75. The van der Waals surface area contributed by atoms with E-state index < -0.39 is 0 Å². The molecule has 1 atom stereocenters. The van der Waals surface area contributed by atoms with Crippen LogP contribution in [0.15, 0.2) is 41.1 Å². The third-order valence-electron chi connectivity index (χ3n) is 4.25. The summed E-state index contributed by atoms with van der Waals surface area (Å²) in [5, 5.41) is 8.10. The second kappa shape index (κ2) is 5.98. The highest BCUT2D eigenvalue weighted by atomic mass is 32.1. The van der Waals surface area contributed by atoms with E-state index >= 15 is 0 Å². The van der Waals surface area contributed by atoms with Crippen LogP contribution in [-0.2, 0) is 0 Å². The van der Waals surface area contributed by atoms with Crippen molar-refractivity contribution in [3.63, 3.8) is 0 Å². The van der Waals surface area contributed by atoms with Gasteiger partial charge < -0.3 is 10.1 Å². The molecule has 1 heterocycles. The molecule has 20 heavy (non-hydrogen) atoms. The number of benzene rings is 1. The fraction of sp³-hybridized carbons (Fsp3) is 0.412. The highest BCUT2D eigenvalue weighted by Gasteiger charge is 2.31. The molecule has 1 fully saturated rings. The van der Waals surface area contributed by atoms with Gasteiger partial charge in [-0.3, -0.25) is 0 Å². The van der Waals surface area contributed by atoms with E-state index in [1.807, 2.05) is 0 Å². The Morgan fingerprint density at radius 1 is 1.20 bits per heavy atom. The molecule has 1 aliphatic rings. The molecule has 2 nitrogen and oxygen atoms in total. The zero-order chi connectivity index (χ0) is 13.9. The molecule has 3 heteroatoms. The summed E-state index contributed by atoms with van der Waals surface area (Å²) in [6.07, 6.45) is 2.47. The van der Waals surface area contributed by atoms with E-state index in [0.717, 1.165) is 5.75 Å². The molecular weight excluding hydrogens is 266 g/mol. The summed E-state index contributed by atoms with van der Waals surface area (Å²) in [7, 11) is 1.71. The molecule has 0 amide bonds. The topological polar surface area (TPSA) is 21.3 Å². The number of hydrogen-bond acceptors (Lipinski definition) is 3. The third kappa shape index (κ3) is 2.89. The Kier molecular flexibility index (Phi) is 4.08. The van der Waals surface area contributed by atoms with Crippen molar-refractivity contribution in [1.82, 2.24) is 5.32 Å². The maximum absolute atomic E-state index is 5.20. The number of methoxy groups -OCH3 is 1. The molecule has 0 radical (unpaired) electrons. The van der Waals surface area contributed by atoms with Gasteiger partial charge in [0.1, 0.15) is 5.75 Å². The van der Waals surface area contributed by atoms with Crippen molar-refractivity contribution in [2.45, 2.75) is 37.8 Å². The normalized spacial score (nSPS) is 23.1. The molecule has 1 aromatic heterocycles. The molecule has 2 aromatic rings. The maximum atomic E-state index is 5.20. The highest BCUT2D eigenvalue weighted by molar-refractivity contribution is 7.07. The van der Waals surface area contributed by atoms with Gasteiger partial charge in [-0.25, -0.2) is 0 Å². The monoisotopic (exact) mass is 287 g/mol. The third-order valence-corrected chi connectivity index (χ3v) is 4.96. The van der Waals surface area contributed by atoms with E-state index in [2.05, 4.69) is 53.3 Å². The second-order valence-corrected chi connectivity index (χ2v) is 6.36. The van der Waals surface area contributed by atoms with Crippen molar-refractivity contribution >= 4 is 11.3 Å². The Hall–Kier alpha value is -1.32. The van der Waals surface area contributed by atoms with E-state index in [4.69, 9.17) is 4.74 Å². The number of hydrogen-bond donors (Lipinski definition) is 1. The Bertz CT molecular complexity index is 529. The van der Waals surface area contributed by atoms with Crippen LogP contribution >= 0.6 is 11.3 Å². The van der Waals surface area contributed by atoms with Gasteiger partial charge in [0.2, 0.25) is 0 Å². The van der Waals surface area contributed by atoms with E-state index in [1.54, 1.807) is 18.4 Å². The van der Waals surface area contributed by atoms with Gasteiger partial charge in [0.15, 0.2) is 0 Å². The minimum atomic E-state index is 0.461. The summed E-state index contributed by atoms with van der Waals surface area (Å²) in [6.45, 7) is 2.25. The van der Waals surface area contributed by atoms with Crippen molar-refractivity contribution in [2.75, 3.05) is 7.11 Å². The Morgan fingerprint density at radius 2 is 1.95 bits per heavy atom. The lowest BCUT2D eigenvalue weighted by Crippen LogP contribution is -2.41. The summed E-state index contributed by atoms with van der Waals surface area (Å²) in [5.41, 5.74) is 2.84. The van der Waals surface area contributed by atoms with Crippen molar-refractivity contribution in [2.24, 2.45) is 0 Å². The van der Waals surface area contributed by atoms with E-state index in [0.29, 0.717) is 18.0 Å². The minimum Gasteiger partial charge on any atom is -0.497 e. The maximum Gasteiger partial charge on any atom is 0.118 e. The number of nitrogens with one attached hydrogen (secondary N) is 1. The molecule has 1 unspecified atom stereocenters. The van der Waals surface area contributed by atoms with Crippen LogP contribution < -0.4 is 10.1 Å². The smallest absolute Gasteiger partial charge is 0.118 e. The van der Waals surface area contributed by atoms with E-state index in [-0.39, 0.29) is 0 Å². The fourth-order valence-electron chi connectivity index (χ4n) is 2.87. The summed E-state index contributed by atoms with van der Waals surface area (Å²) in [4.78, 5) is 0. The van der Waals surface area contributed by atoms with Crippen LogP contribution in [0.2, 0.25) is 0 Å². The van der Waals surface area contributed by atoms with Crippen LogP contribution in [-0.4, -0.2) is 13.2 Å². The Labute approximate surface area is 124 Å². The number of thiophene rings is 1. The molecule has 0 saturated heterocycles. The molecule has 0 aliphatic heterocycles. The lowest BCUT2D eigenvalue weighted by Gasteiger charge is -2.38. The van der Waals surface area contributed by atoms with Gasteiger partial charge in [0.25, 0.3) is 0 Å². The van der Waals surface area contributed by atoms with Crippen LogP contribution in [0.4, 0.5) is 0 Å². The van der Waals surface area contributed by atoms with Crippen molar-refractivity contribution in [3.8, 4) is 5.75 Å². The summed E-state index contributed by atoms with van der Waals surface area (Å²) >= 11 is 1.77. The van der Waals surface area contributed by atoms with Crippen LogP contribution in [0.5, 0.6) is 5.75 Å². The standard InChI is InChI=1S/C17H21NOS/c1-12(14-7-8-20-11-14)18-16-9-15(10-16)13-3-5-17(19-2)6-4-13/h3-8,11-12,15-16,18H,9-10H2,1-2H3. The first-order valence-corrected chi connectivity index (χ1v) is 8.12. The largest absolute Gasteiger partial charge is 0.497 e. The number of rotatable bonds is 5.